The fourth-order valence-electron chi connectivity index (χ4n) is 2.02. The predicted molar refractivity (Wildman–Crippen MR) is 68.2 cm³/mol. The third-order valence-electron chi connectivity index (χ3n) is 3.01. The summed E-state index contributed by atoms with van der Waals surface area (Å²) in [5.41, 5.74) is 0.444. The first-order valence-electron chi connectivity index (χ1n) is 5.80. The molecule has 0 radical (unpaired) electrons. The Labute approximate surface area is 112 Å². The SMILES string of the molecule is O=S(=O)(F)c1ccc(CS(=O)(=O)N2CCCC2)cc1. The van der Waals surface area contributed by atoms with Gasteiger partial charge in [0.2, 0.25) is 10.0 Å². The van der Waals surface area contributed by atoms with Gasteiger partial charge in [-0.15, -0.1) is 3.89 Å². The maximum Gasteiger partial charge on any atom is 0.332 e. The maximum atomic E-state index is 12.7. The van der Waals surface area contributed by atoms with Crippen LogP contribution in [-0.2, 0) is 26.0 Å². The number of hydrogen-bond donors (Lipinski definition) is 0. The fourth-order valence-corrected chi connectivity index (χ4v) is 4.09. The van der Waals surface area contributed by atoms with Crippen LogP contribution in [0, 0.1) is 0 Å². The smallest absolute Gasteiger partial charge is 0.212 e. The molecule has 1 aliphatic rings. The fraction of sp³-hybridized carbons (Fsp3) is 0.455. The normalized spacial score (nSPS) is 17.7. The minimum atomic E-state index is -4.74. The van der Waals surface area contributed by atoms with Crippen molar-refractivity contribution in [1.82, 2.24) is 4.31 Å². The zero-order valence-electron chi connectivity index (χ0n) is 10.1. The molecule has 0 N–H and O–H groups in total. The van der Waals surface area contributed by atoms with E-state index < -0.39 is 25.1 Å². The van der Waals surface area contributed by atoms with Gasteiger partial charge in [0.05, 0.1) is 10.6 Å². The summed E-state index contributed by atoms with van der Waals surface area (Å²) in [5.74, 6) is -0.195. The first kappa shape index (κ1) is 14.4. The number of sulfonamides is 1. The van der Waals surface area contributed by atoms with E-state index in [0.29, 0.717) is 18.7 Å². The Balaban J connectivity index is 2.16. The second kappa shape index (κ2) is 5.18. The molecule has 1 fully saturated rings. The summed E-state index contributed by atoms with van der Waals surface area (Å²) in [6.07, 6.45) is 1.72. The minimum Gasteiger partial charge on any atom is -0.212 e. The van der Waals surface area contributed by atoms with Crippen molar-refractivity contribution >= 4 is 20.2 Å². The van der Waals surface area contributed by atoms with Gasteiger partial charge in [-0.25, -0.2) is 12.7 Å². The Morgan fingerprint density at radius 2 is 1.53 bits per heavy atom. The highest BCUT2D eigenvalue weighted by molar-refractivity contribution is 7.88. The lowest BCUT2D eigenvalue weighted by Crippen LogP contribution is -2.29. The average Bonchev–Trinajstić information content (AvgIpc) is 2.82. The molecule has 8 heteroatoms. The van der Waals surface area contributed by atoms with Gasteiger partial charge < -0.3 is 0 Å². The lowest BCUT2D eigenvalue weighted by molar-refractivity contribution is 0.476. The summed E-state index contributed by atoms with van der Waals surface area (Å²) in [7, 11) is -8.11. The van der Waals surface area contributed by atoms with E-state index in [4.69, 9.17) is 0 Å². The Morgan fingerprint density at radius 3 is 2.00 bits per heavy atom. The molecular formula is C11H14FNO4S2. The van der Waals surface area contributed by atoms with Crippen LogP contribution < -0.4 is 0 Å². The predicted octanol–water partition coefficient (Wildman–Crippen LogP) is 1.27. The Hall–Kier alpha value is -0.990. The lowest BCUT2D eigenvalue weighted by Gasteiger charge is -2.15. The van der Waals surface area contributed by atoms with Gasteiger partial charge in [-0.2, -0.15) is 8.42 Å². The molecule has 0 spiro atoms. The van der Waals surface area contributed by atoms with Crippen LogP contribution in [0.3, 0.4) is 0 Å². The molecule has 0 amide bonds. The first-order chi connectivity index (χ1) is 8.79. The van der Waals surface area contributed by atoms with E-state index in [1.165, 1.54) is 16.4 Å². The highest BCUT2D eigenvalue weighted by atomic mass is 32.3. The van der Waals surface area contributed by atoms with E-state index in [-0.39, 0.29) is 5.75 Å². The molecule has 1 heterocycles. The largest absolute Gasteiger partial charge is 0.332 e. The third kappa shape index (κ3) is 3.52. The van der Waals surface area contributed by atoms with E-state index in [1.54, 1.807) is 0 Å². The second-order valence-corrected chi connectivity index (χ2v) is 7.76. The van der Waals surface area contributed by atoms with E-state index >= 15 is 0 Å². The number of hydrogen-bond acceptors (Lipinski definition) is 4. The van der Waals surface area contributed by atoms with Crippen LogP contribution >= 0.6 is 0 Å². The van der Waals surface area contributed by atoms with Crippen LogP contribution in [0.1, 0.15) is 18.4 Å². The van der Waals surface area contributed by atoms with Crippen LogP contribution in [0.4, 0.5) is 3.89 Å². The molecule has 0 bridgehead atoms. The van der Waals surface area contributed by atoms with Gasteiger partial charge in [-0.1, -0.05) is 12.1 Å². The molecule has 19 heavy (non-hydrogen) atoms. The summed E-state index contributed by atoms with van der Waals surface area (Å²) in [4.78, 5) is -0.463. The topological polar surface area (TPSA) is 71.5 Å². The van der Waals surface area contributed by atoms with Gasteiger partial charge in [0.25, 0.3) is 0 Å². The average molecular weight is 307 g/mol. The maximum absolute atomic E-state index is 12.7. The highest BCUT2D eigenvalue weighted by Crippen LogP contribution is 2.19. The number of benzene rings is 1. The summed E-state index contributed by atoms with van der Waals surface area (Å²) >= 11 is 0. The number of halogens is 1. The molecule has 0 aromatic heterocycles. The van der Waals surface area contributed by atoms with Crippen LogP contribution in [0.2, 0.25) is 0 Å². The standard InChI is InChI=1S/C11H14FNO4S2/c12-19(16,17)11-5-3-10(4-6-11)9-18(14,15)13-7-1-2-8-13/h3-6H,1-2,7-9H2. The molecule has 0 unspecified atom stereocenters. The molecule has 0 atom stereocenters. The molecule has 1 saturated heterocycles. The van der Waals surface area contributed by atoms with Gasteiger partial charge in [0.1, 0.15) is 0 Å². The van der Waals surface area contributed by atoms with Crippen molar-refractivity contribution in [1.29, 1.82) is 0 Å². The Morgan fingerprint density at radius 1 is 1.00 bits per heavy atom. The molecule has 1 aliphatic heterocycles. The van der Waals surface area contributed by atoms with Crippen molar-refractivity contribution in [2.24, 2.45) is 0 Å². The Bertz CT molecular complexity index is 646. The van der Waals surface area contributed by atoms with E-state index in [1.807, 2.05) is 0 Å². The molecule has 5 nitrogen and oxygen atoms in total. The summed E-state index contributed by atoms with van der Waals surface area (Å²) in [6.45, 7) is 1.05. The van der Waals surface area contributed by atoms with Crippen molar-refractivity contribution in [3.63, 3.8) is 0 Å². The lowest BCUT2D eigenvalue weighted by atomic mass is 10.2. The second-order valence-electron chi connectivity index (χ2n) is 4.44. The van der Waals surface area contributed by atoms with Crippen molar-refractivity contribution in [2.45, 2.75) is 23.5 Å². The van der Waals surface area contributed by atoms with Gasteiger partial charge in [0.15, 0.2) is 0 Å². The zero-order chi connectivity index (χ0) is 14.1. The highest BCUT2D eigenvalue weighted by Gasteiger charge is 2.25. The number of rotatable bonds is 4. The van der Waals surface area contributed by atoms with E-state index in [9.17, 15) is 20.7 Å². The summed E-state index contributed by atoms with van der Waals surface area (Å²) in [5, 5.41) is 0. The van der Waals surface area contributed by atoms with Crippen molar-refractivity contribution in [3.8, 4) is 0 Å². The summed E-state index contributed by atoms with van der Waals surface area (Å²) in [6, 6.07) is 4.79. The van der Waals surface area contributed by atoms with Crippen molar-refractivity contribution < 1.29 is 20.7 Å². The molecule has 1 aromatic carbocycles. The minimum absolute atomic E-state index is 0.195. The number of nitrogens with zero attached hydrogens (tertiary/aromatic N) is 1. The Kier molecular flexibility index (Phi) is 3.93. The van der Waals surface area contributed by atoms with Crippen molar-refractivity contribution in [3.05, 3.63) is 29.8 Å². The van der Waals surface area contributed by atoms with E-state index in [2.05, 4.69) is 0 Å². The van der Waals surface area contributed by atoms with Gasteiger partial charge in [0, 0.05) is 13.1 Å². The first-order valence-corrected chi connectivity index (χ1v) is 8.80. The quantitative estimate of drug-likeness (QED) is 0.785. The molecule has 1 aromatic rings. The van der Waals surface area contributed by atoms with Gasteiger partial charge in [-0.05, 0) is 30.5 Å². The molecule has 2 rings (SSSR count). The molecule has 0 saturated carbocycles. The molecule has 0 aliphatic carbocycles. The van der Waals surface area contributed by atoms with Crippen LogP contribution in [-0.4, -0.2) is 34.2 Å². The molecule has 106 valence electrons. The van der Waals surface area contributed by atoms with Crippen LogP contribution in [0.5, 0.6) is 0 Å². The van der Waals surface area contributed by atoms with E-state index in [0.717, 1.165) is 25.0 Å². The summed E-state index contributed by atoms with van der Waals surface area (Å²) < 4.78 is 59.4. The van der Waals surface area contributed by atoms with Gasteiger partial charge in [-0.3, -0.25) is 0 Å². The monoisotopic (exact) mass is 307 g/mol. The molecular weight excluding hydrogens is 293 g/mol. The van der Waals surface area contributed by atoms with Crippen LogP contribution in [0.15, 0.2) is 29.2 Å². The van der Waals surface area contributed by atoms with Crippen LogP contribution in [0.25, 0.3) is 0 Å². The van der Waals surface area contributed by atoms with Crippen molar-refractivity contribution in [2.75, 3.05) is 13.1 Å². The van der Waals surface area contributed by atoms with Gasteiger partial charge >= 0.3 is 10.2 Å². The zero-order valence-corrected chi connectivity index (χ0v) is 11.8. The third-order valence-corrected chi connectivity index (χ3v) is 5.70.